The highest BCUT2D eigenvalue weighted by molar-refractivity contribution is 5.94. The van der Waals surface area contributed by atoms with Gasteiger partial charge in [-0.3, -0.25) is 4.79 Å². The third-order valence-electron chi connectivity index (χ3n) is 4.64. The summed E-state index contributed by atoms with van der Waals surface area (Å²) in [6.07, 6.45) is 3.61. The number of hydrogen-bond acceptors (Lipinski definition) is 6. The predicted molar refractivity (Wildman–Crippen MR) is 99.1 cm³/mol. The Bertz CT molecular complexity index is 993. The molecule has 1 N–H and O–H groups in total. The monoisotopic (exact) mass is 381 g/mol. The van der Waals surface area contributed by atoms with Gasteiger partial charge in [-0.05, 0) is 18.2 Å². The number of furan rings is 1. The van der Waals surface area contributed by atoms with Gasteiger partial charge in [-0.15, -0.1) is 0 Å². The van der Waals surface area contributed by atoms with Crippen molar-refractivity contribution >= 4 is 17.7 Å². The Labute approximate surface area is 161 Å². The maximum Gasteiger partial charge on any atom is 0.343 e. The number of carbonyl (C=O) groups is 2. The van der Waals surface area contributed by atoms with Crippen LogP contribution in [0.5, 0.6) is 5.75 Å². The quantitative estimate of drug-likeness (QED) is 0.660. The average molecular weight is 381 g/mol. The number of rotatable bonds is 6. The third-order valence-corrected chi connectivity index (χ3v) is 4.64. The minimum atomic E-state index is -0.469. The van der Waals surface area contributed by atoms with Crippen molar-refractivity contribution in [3.05, 3.63) is 65.7 Å². The van der Waals surface area contributed by atoms with Gasteiger partial charge in [0.05, 0.1) is 19.6 Å². The van der Waals surface area contributed by atoms with Crippen LogP contribution in [0.25, 0.3) is 0 Å². The van der Waals surface area contributed by atoms with Crippen molar-refractivity contribution in [1.29, 1.82) is 0 Å². The van der Waals surface area contributed by atoms with Crippen molar-refractivity contribution < 1.29 is 23.5 Å². The van der Waals surface area contributed by atoms with Crippen molar-refractivity contribution in [2.24, 2.45) is 0 Å². The Hall–Kier alpha value is -3.55. The van der Waals surface area contributed by atoms with Gasteiger partial charge in [0.1, 0.15) is 23.9 Å². The number of para-hydroxylation sites is 1. The zero-order valence-electron chi connectivity index (χ0n) is 15.3. The molecule has 0 spiro atoms. The number of benzene rings is 1. The van der Waals surface area contributed by atoms with Gasteiger partial charge in [0.15, 0.2) is 6.61 Å². The molecule has 2 aromatic heterocycles. The Balaban J connectivity index is 1.66. The predicted octanol–water partition coefficient (Wildman–Crippen LogP) is 2.55. The molecule has 1 atom stereocenters. The van der Waals surface area contributed by atoms with Crippen molar-refractivity contribution in [3.8, 4) is 5.75 Å². The molecule has 0 aliphatic carbocycles. The smallest absolute Gasteiger partial charge is 0.343 e. The molecule has 0 fully saturated rings. The van der Waals surface area contributed by atoms with Crippen LogP contribution in [0.2, 0.25) is 0 Å². The lowest BCUT2D eigenvalue weighted by Gasteiger charge is -2.25. The third kappa shape index (κ3) is 3.48. The van der Waals surface area contributed by atoms with Crippen molar-refractivity contribution in [1.82, 2.24) is 9.78 Å². The Morgan fingerprint density at radius 2 is 2.14 bits per heavy atom. The molecule has 1 aliphatic heterocycles. The fourth-order valence-electron chi connectivity index (χ4n) is 3.31. The second-order valence-electron chi connectivity index (χ2n) is 6.39. The summed E-state index contributed by atoms with van der Waals surface area (Å²) in [6, 6.07) is 11.0. The van der Waals surface area contributed by atoms with E-state index in [4.69, 9.17) is 9.15 Å². The molecule has 3 heterocycles. The lowest BCUT2D eigenvalue weighted by molar-refractivity contribution is -0.142. The van der Waals surface area contributed by atoms with Crippen molar-refractivity contribution in [2.45, 2.75) is 18.9 Å². The summed E-state index contributed by atoms with van der Waals surface area (Å²) in [6.45, 7) is 0.215. The van der Waals surface area contributed by atoms with Gasteiger partial charge >= 0.3 is 5.97 Å². The maximum atomic E-state index is 12.4. The molecule has 0 radical (unpaired) electrons. The number of hydrogen-bond donors (Lipinski definition) is 1. The number of fused-ring (bicyclic) bond motifs is 1. The maximum absolute atomic E-state index is 12.4. The highest BCUT2D eigenvalue weighted by Gasteiger charge is 2.32. The van der Waals surface area contributed by atoms with E-state index in [9.17, 15) is 9.59 Å². The molecular weight excluding hydrogens is 362 g/mol. The molecule has 1 aromatic carbocycles. The number of ether oxygens (including phenoxy) is 2. The number of aromatic nitrogens is 2. The van der Waals surface area contributed by atoms with Gasteiger partial charge in [0.2, 0.25) is 5.91 Å². The van der Waals surface area contributed by atoms with Crippen molar-refractivity contribution in [3.63, 3.8) is 0 Å². The minimum absolute atomic E-state index is 0.110. The van der Waals surface area contributed by atoms with Crippen LogP contribution < -0.4 is 10.1 Å². The van der Waals surface area contributed by atoms with E-state index >= 15 is 0 Å². The molecule has 0 bridgehead atoms. The summed E-state index contributed by atoms with van der Waals surface area (Å²) in [7, 11) is 1.31. The van der Waals surface area contributed by atoms with Crippen LogP contribution in [-0.2, 0) is 20.9 Å². The highest BCUT2D eigenvalue weighted by Crippen LogP contribution is 2.40. The summed E-state index contributed by atoms with van der Waals surface area (Å²) >= 11 is 0. The summed E-state index contributed by atoms with van der Waals surface area (Å²) in [5.74, 6) is 1.11. The number of amides is 1. The second kappa shape index (κ2) is 7.59. The molecular formula is C20H19N3O5. The van der Waals surface area contributed by atoms with Crippen LogP contribution >= 0.6 is 0 Å². The largest absolute Gasteiger partial charge is 0.482 e. The number of esters is 1. The normalized spacial score (nSPS) is 15.6. The molecule has 0 saturated carbocycles. The van der Waals surface area contributed by atoms with Crippen LogP contribution in [0.15, 0.2) is 53.3 Å². The topological polar surface area (TPSA) is 95.6 Å². The van der Waals surface area contributed by atoms with Gasteiger partial charge < -0.3 is 19.2 Å². The summed E-state index contributed by atoms with van der Waals surface area (Å²) in [5.41, 5.74) is 1.71. The van der Waals surface area contributed by atoms with Crippen LogP contribution in [0.1, 0.15) is 29.2 Å². The average Bonchev–Trinajstić information content (AvgIpc) is 3.36. The minimum Gasteiger partial charge on any atom is -0.482 e. The van der Waals surface area contributed by atoms with E-state index in [1.165, 1.54) is 7.11 Å². The van der Waals surface area contributed by atoms with Crippen LogP contribution in [0.4, 0.5) is 5.82 Å². The first-order valence-corrected chi connectivity index (χ1v) is 8.82. The van der Waals surface area contributed by atoms with Gasteiger partial charge in [0.25, 0.3) is 0 Å². The van der Waals surface area contributed by atoms with Crippen molar-refractivity contribution in [2.75, 3.05) is 19.0 Å². The number of nitrogens with zero attached hydrogens (tertiary/aromatic N) is 2. The van der Waals surface area contributed by atoms with Crippen LogP contribution in [0, 0.1) is 0 Å². The van der Waals surface area contributed by atoms with E-state index in [-0.39, 0.29) is 24.9 Å². The molecule has 8 heteroatoms. The first-order chi connectivity index (χ1) is 13.7. The van der Waals surface area contributed by atoms with E-state index in [1.54, 1.807) is 23.2 Å². The van der Waals surface area contributed by atoms with E-state index in [0.717, 1.165) is 16.9 Å². The molecule has 144 valence electrons. The summed E-state index contributed by atoms with van der Waals surface area (Å²) in [4.78, 5) is 23.8. The summed E-state index contributed by atoms with van der Waals surface area (Å²) in [5, 5.41) is 7.33. The molecule has 1 aliphatic rings. The zero-order chi connectivity index (χ0) is 19.5. The molecule has 4 rings (SSSR count). The molecule has 28 heavy (non-hydrogen) atoms. The molecule has 3 aromatic rings. The molecule has 8 nitrogen and oxygen atoms in total. The van der Waals surface area contributed by atoms with E-state index < -0.39 is 5.97 Å². The SMILES string of the molecule is COC(=O)COc1ccccc1[C@@H]1CC(=O)Nc2c1cnn2Cc1ccco1. The van der Waals surface area contributed by atoms with E-state index in [0.29, 0.717) is 18.1 Å². The van der Waals surface area contributed by atoms with Gasteiger partial charge in [-0.25, -0.2) is 9.48 Å². The first-order valence-electron chi connectivity index (χ1n) is 8.82. The Kier molecular flexibility index (Phi) is 4.84. The zero-order valence-corrected chi connectivity index (χ0v) is 15.3. The molecule has 1 amide bonds. The Morgan fingerprint density at radius 3 is 2.93 bits per heavy atom. The van der Waals surface area contributed by atoms with E-state index in [1.807, 2.05) is 30.3 Å². The van der Waals surface area contributed by atoms with Gasteiger partial charge in [-0.1, -0.05) is 18.2 Å². The fraction of sp³-hybridized carbons (Fsp3) is 0.250. The fourth-order valence-corrected chi connectivity index (χ4v) is 3.31. The van der Waals surface area contributed by atoms with Gasteiger partial charge in [0, 0.05) is 23.5 Å². The highest BCUT2D eigenvalue weighted by atomic mass is 16.6. The summed E-state index contributed by atoms with van der Waals surface area (Å²) < 4.78 is 17.4. The number of anilines is 1. The number of nitrogens with one attached hydrogen (secondary N) is 1. The Morgan fingerprint density at radius 1 is 1.29 bits per heavy atom. The number of methoxy groups -OCH3 is 1. The van der Waals surface area contributed by atoms with Crippen LogP contribution in [-0.4, -0.2) is 35.4 Å². The number of carbonyl (C=O) groups excluding carboxylic acids is 2. The van der Waals surface area contributed by atoms with E-state index in [2.05, 4.69) is 15.2 Å². The second-order valence-corrected chi connectivity index (χ2v) is 6.39. The van der Waals surface area contributed by atoms with Crippen LogP contribution in [0.3, 0.4) is 0 Å². The lowest BCUT2D eigenvalue weighted by Crippen LogP contribution is -2.25. The lowest BCUT2D eigenvalue weighted by atomic mass is 9.87. The molecule has 0 unspecified atom stereocenters. The standard InChI is InChI=1S/C20H19N3O5/c1-26-19(25)12-28-17-7-3-2-6-14(17)15-9-18(24)22-20-16(15)10-21-23(20)11-13-5-4-8-27-13/h2-8,10,15H,9,11-12H2,1H3,(H,22,24)/t15-/m0/s1. The first kappa shape index (κ1) is 17.8. The molecule has 0 saturated heterocycles. The van der Waals surface area contributed by atoms with Gasteiger partial charge in [-0.2, -0.15) is 5.10 Å².